The molecule has 0 saturated carbocycles. The van der Waals surface area contributed by atoms with Crippen molar-refractivity contribution in [1.29, 1.82) is 0 Å². The van der Waals surface area contributed by atoms with Crippen molar-refractivity contribution in [1.82, 2.24) is 24.2 Å². The molecule has 0 saturated heterocycles. The third-order valence-corrected chi connectivity index (χ3v) is 4.22. The van der Waals surface area contributed by atoms with Crippen molar-refractivity contribution < 1.29 is 8.42 Å². The van der Waals surface area contributed by atoms with E-state index in [2.05, 4.69) is 19.7 Å². The van der Waals surface area contributed by atoms with Gasteiger partial charge in [-0.25, -0.2) is 28.1 Å². The molecular formula is C12H17N5O2S. The minimum Gasteiger partial charge on any atom is -0.327 e. The number of hydrogen-bond donors (Lipinski definition) is 1. The van der Waals surface area contributed by atoms with Gasteiger partial charge in [-0.05, 0) is 12.5 Å². The van der Waals surface area contributed by atoms with Crippen LogP contribution < -0.4 is 4.72 Å². The Balaban J connectivity index is 2.00. The van der Waals surface area contributed by atoms with Gasteiger partial charge in [0, 0.05) is 37.9 Å². The first kappa shape index (κ1) is 14.6. The molecule has 0 bridgehead atoms. The minimum absolute atomic E-state index is 0.144. The maximum atomic E-state index is 11.6. The fourth-order valence-corrected chi connectivity index (χ4v) is 2.86. The van der Waals surface area contributed by atoms with Crippen molar-refractivity contribution in [2.45, 2.75) is 19.9 Å². The quantitative estimate of drug-likeness (QED) is 0.811. The van der Waals surface area contributed by atoms with Crippen molar-refractivity contribution in [3.8, 4) is 11.6 Å². The summed E-state index contributed by atoms with van der Waals surface area (Å²) in [6.07, 6.45) is 7.31. The van der Waals surface area contributed by atoms with Gasteiger partial charge < -0.3 is 4.57 Å². The molecule has 0 fully saturated rings. The van der Waals surface area contributed by atoms with E-state index >= 15 is 0 Å². The van der Waals surface area contributed by atoms with Gasteiger partial charge in [0.2, 0.25) is 10.0 Å². The molecule has 1 N–H and O–H groups in total. The summed E-state index contributed by atoms with van der Waals surface area (Å²) in [7, 11) is -3.18. The lowest BCUT2D eigenvalue weighted by atomic mass is 10.5. The average Bonchev–Trinajstić information content (AvgIpc) is 2.88. The number of imidazole rings is 1. The fourth-order valence-electron chi connectivity index (χ4n) is 1.77. The van der Waals surface area contributed by atoms with Crippen LogP contribution in [0.5, 0.6) is 0 Å². The number of nitrogens with zero attached hydrogens (tertiary/aromatic N) is 4. The summed E-state index contributed by atoms with van der Waals surface area (Å²) in [4.78, 5) is 12.5. The van der Waals surface area contributed by atoms with E-state index in [0.29, 0.717) is 31.2 Å². The minimum atomic E-state index is -3.18. The van der Waals surface area contributed by atoms with Crippen LogP contribution in [0.15, 0.2) is 30.9 Å². The second-order valence-electron chi connectivity index (χ2n) is 4.23. The van der Waals surface area contributed by atoms with Crippen LogP contribution in [0.2, 0.25) is 0 Å². The second kappa shape index (κ2) is 6.58. The number of nitrogens with one attached hydrogen (secondary N) is 1. The standard InChI is InChI=1S/C12H17N5O2S/c1-2-10-20(18,19)16-7-9-17-8-6-15-12(17)11-13-4-3-5-14-11/h3-6,8,16H,2,7,9-10H2,1H3. The molecule has 7 nitrogen and oxygen atoms in total. The predicted molar refractivity (Wildman–Crippen MR) is 75.3 cm³/mol. The molecule has 2 rings (SSSR count). The molecule has 2 aromatic heterocycles. The van der Waals surface area contributed by atoms with Crippen LogP contribution in [-0.2, 0) is 16.6 Å². The number of aromatic nitrogens is 4. The summed E-state index contributed by atoms with van der Waals surface area (Å²) in [5, 5.41) is 0. The number of sulfonamides is 1. The van der Waals surface area contributed by atoms with E-state index in [0.717, 1.165) is 0 Å². The summed E-state index contributed by atoms with van der Waals surface area (Å²) in [5.41, 5.74) is 0. The molecule has 20 heavy (non-hydrogen) atoms. The first-order chi connectivity index (χ1) is 9.62. The molecular weight excluding hydrogens is 278 g/mol. The van der Waals surface area contributed by atoms with Crippen LogP contribution in [-0.4, -0.2) is 40.2 Å². The van der Waals surface area contributed by atoms with E-state index in [4.69, 9.17) is 0 Å². The first-order valence-corrected chi connectivity index (χ1v) is 8.03. The Labute approximate surface area is 118 Å². The van der Waals surface area contributed by atoms with Crippen molar-refractivity contribution in [2.75, 3.05) is 12.3 Å². The van der Waals surface area contributed by atoms with E-state index in [9.17, 15) is 8.42 Å². The zero-order chi connectivity index (χ0) is 14.4. The van der Waals surface area contributed by atoms with Crippen molar-refractivity contribution in [2.24, 2.45) is 0 Å². The lowest BCUT2D eigenvalue weighted by Gasteiger charge is -2.08. The maximum Gasteiger partial charge on any atom is 0.211 e. The highest BCUT2D eigenvalue weighted by Crippen LogP contribution is 2.10. The van der Waals surface area contributed by atoms with Gasteiger partial charge in [-0.2, -0.15) is 0 Å². The molecule has 0 aliphatic rings. The maximum absolute atomic E-state index is 11.6. The molecule has 2 heterocycles. The smallest absolute Gasteiger partial charge is 0.211 e. The van der Waals surface area contributed by atoms with Crippen molar-refractivity contribution >= 4 is 10.0 Å². The van der Waals surface area contributed by atoms with Crippen LogP contribution in [0.3, 0.4) is 0 Å². The highest BCUT2D eigenvalue weighted by molar-refractivity contribution is 7.89. The second-order valence-corrected chi connectivity index (χ2v) is 6.16. The third kappa shape index (κ3) is 3.84. The summed E-state index contributed by atoms with van der Waals surface area (Å²) in [6, 6.07) is 1.73. The molecule has 0 unspecified atom stereocenters. The van der Waals surface area contributed by atoms with E-state index in [1.54, 1.807) is 30.9 Å². The van der Waals surface area contributed by atoms with Gasteiger partial charge in [-0.15, -0.1) is 0 Å². The zero-order valence-corrected chi connectivity index (χ0v) is 12.0. The van der Waals surface area contributed by atoms with Crippen LogP contribution in [0.1, 0.15) is 13.3 Å². The average molecular weight is 295 g/mol. The van der Waals surface area contributed by atoms with Crippen LogP contribution in [0, 0.1) is 0 Å². The summed E-state index contributed by atoms with van der Waals surface area (Å²) < 4.78 is 27.5. The van der Waals surface area contributed by atoms with Crippen LogP contribution in [0.25, 0.3) is 11.6 Å². The van der Waals surface area contributed by atoms with Gasteiger partial charge in [0.05, 0.1) is 5.75 Å². The van der Waals surface area contributed by atoms with Crippen LogP contribution >= 0.6 is 0 Å². The molecule has 2 aromatic rings. The topological polar surface area (TPSA) is 89.8 Å². The fraction of sp³-hybridized carbons (Fsp3) is 0.417. The van der Waals surface area contributed by atoms with Crippen molar-refractivity contribution in [3.05, 3.63) is 30.9 Å². The van der Waals surface area contributed by atoms with Crippen LogP contribution in [0.4, 0.5) is 0 Å². The number of hydrogen-bond acceptors (Lipinski definition) is 5. The van der Waals surface area contributed by atoms with Gasteiger partial charge in [0.15, 0.2) is 11.6 Å². The Kier molecular flexibility index (Phi) is 4.80. The SMILES string of the molecule is CCCS(=O)(=O)NCCn1ccnc1-c1ncccn1. The normalized spacial score (nSPS) is 11.7. The predicted octanol–water partition coefficient (Wildman–Crippen LogP) is 0.669. The van der Waals surface area contributed by atoms with E-state index in [1.165, 1.54) is 0 Å². The Morgan fingerprint density at radius 1 is 1.20 bits per heavy atom. The molecule has 0 aromatic carbocycles. The third-order valence-electron chi connectivity index (χ3n) is 2.63. The van der Waals surface area contributed by atoms with Gasteiger partial charge in [-0.3, -0.25) is 0 Å². The Morgan fingerprint density at radius 3 is 2.65 bits per heavy atom. The zero-order valence-electron chi connectivity index (χ0n) is 11.2. The summed E-state index contributed by atoms with van der Waals surface area (Å²) in [5.74, 6) is 1.29. The largest absolute Gasteiger partial charge is 0.327 e. The lowest BCUT2D eigenvalue weighted by molar-refractivity contribution is 0.572. The highest BCUT2D eigenvalue weighted by Gasteiger charge is 2.10. The number of rotatable bonds is 7. The van der Waals surface area contributed by atoms with E-state index in [1.807, 2.05) is 11.5 Å². The highest BCUT2D eigenvalue weighted by atomic mass is 32.2. The van der Waals surface area contributed by atoms with Crippen molar-refractivity contribution in [3.63, 3.8) is 0 Å². The first-order valence-electron chi connectivity index (χ1n) is 6.38. The molecule has 108 valence electrons. The molecule has 0 spiro atoms. The van der Waals surface area contributed by atoms with Gasteiger partial charge >= 0.3 is 0 Å². The van der Waals surface area contributed by atoms with E-state index < -0.39 is 10.0 Å². The molecule has 0 radical (unpaired) electrons. The lowest BCUT2D eigenvalue weighted by Crippen LogP contribution is -2.29. The molecule has 0 aliphatic carbocycles. The van der Waals surface area contributed by atoms with E-state index in [-0.39, 0.29) is 5.75 Å². The van der Waals surface area contributed by atoms with Gasteiger partial charge in [-0.1, -0.05) is 6.92 Å². The monoisotopic (exact) mass is 295 g/mol. The Morgan fingerprint density at radius 2 is 1.95 bits per heavy atom. The van der Waals surface area contributed by atoms with Gasteiger partial charge in [0.1, 0.15) is 0 Å². The summed E-state index contributed by atoms with van der Waals surface area (Å²) >= 11 is 0. The Bertz CT molecular complexity index is 639. The molecule has 8 heteroatoms. The molecule has 0 amide bonds. The summed E-state index contributed by atoms with van der Waals surface area (Å²) in [6.45, 7) is 2.63. The molecule has 0 aliphatic heterocycles. The van der Waals surface area contributed by atoms with Gasteiger partial charge in [0.25, 0.3) is 0 Å². The Hall–Kier alpha value is -1.80. The molecule has 0 atom stereocenters.